The molecule has 1 saturated heterocycles. The minimum Gasteiger partial charge on any atom is -0.273 e. The lowest BCUT2D eigenvalue weighted by molar-refractivity contribution is -0.141. The molecule has 0 saturated carbocycles. The summed E-state index contributed by atoms with van der Waals surface area (Å²) in [7, 11) is 0. The van der Waals surface area contributed by atoms with Gasteiger partial charge in [0.15, 0.2) is 0 Å². The molecule has 3 rings (SSSR count). The summed E-state index contributed by atoms with van der Waals surface area (Å²) in [6.45, 7) is 0. The fourth-order valence-corrected chi connectivity index (χ4v) is 2.43. The Morgan fingerprint density at radius 3 is 2.26 bits per heavy atom. The summed E-state index contributed by atoms with van der Waals surface area (Å²) >= 11 is 5.77. The lowest BCUT2D eigenvalue weighted by Crippen LogP contribution is -2.54. The van der Waals surface area contributed by atoms with Gasteiger partial charge in [-0.15, -0.1) is 0 Å². The van der Waals surface area contributed by atoms with Gasteiger partial charge in [0.25, 0.3) is 11.8 Å². The molecule has 1 aliphatic heterocycles. The van der Waals surface area contributed by atoms with E-state index in [2.05, 4.69) is 4.98 Å². The van der Waals surface area contributed by atoms with Crippen molar-refractivity contribution >= 4 is 41.2 Å². The summed E-state index contributed by atoms with van der Waals surface area (Å²) < 4.78 is 37.7. The number of aromatic nitrogens is 1. The number of alkyl halides is 3. The minimum atomic E-state index is -4.61. The number of halogens is 4. The van der Waals surface area contributed by atoms with Crippen molar-refractivity contribution in [2.45, 2.75) is 6.18 Å². The van der Waals surface area contributed by atoms with Crippen LogP contribution < -0.4 is 10.2 Å². The molecule has 6 nitrogen and oxygen atoms in total. The fraction of sp³-hybridized carbons (Fsp3) is 0.0588. The van der Waals surface area contributed by atoms with E-state index >= 15 is 0 Å². The average molecular weight is 396 g/mol. The standard InChI is InChI=1S/C17H9ClF3N3O3/c18-10-2-4-11(5-3-10)24-15(26)12(14(25)23-16(24)27)7-9-1-6-13(22-8-9)17(19,20)21/h1-8H,(H,23,25,27)/b12-7+. The van der Waals surface area contributed by atoms with Crippen molar-refractivity contribution in [3.8, 4) is 0 Å². The summed E-state index contributed by atoms with van der Waals surface area (Å²) in [4.78, 5) is 40.6. The fourth-order valence-electron chi connectivity index (χ4n) is 2.31. The zero-order chi connectivity index (χ0) is 19.8. The number of benzene rings is 1. The van der Waals surface area contributed by atoms with Gasteiger partial charge < -0.3 is 0 Å². The van der Waals surface area contributed by atoms with E-state index in [1.165, 1.54) is 24.3 Å². The summed E-state index contributed by atoms with van der Waals surface area (Å²) in [5.74, 6) is -1.89. The Balaban J connectivity index is 1.95. The number of nitrogens with one attached hydrogen (secondary N) is 1. The zero-order valence-corrected chi connectivity index (χ0v) is 14.0. The predicted octanol–water partition coefficient (Wildman–Crippen LogP) is 3.42. The van der Waals surface area contributed by atoms with Gasteiger partial charge in [-0.3, -0.25) is 19.9 Å². The number of carbonyl (C=O) groups is 3. The molecule has 0 radical (unpaired) electrons. The first kappa shape index (κ1) is 18.6. The highest BCUT2D eigenvalue weighted by Crippen LogP contribution is 2.28. The maximum absolute atomic E-state index is 12.6. The second-order valence-corrected chi connectivity index (χ2v) is 5.85. The lowest BCUT2D eigenvalue weighted by Gasteiger charge is -2.26. The SMILES string of the molecule is O=C1NC(=O)N(c2ccc(Cl)cc2)C(=O)/C1=C/c1ccc(C(F)(F)F)nc1. The maximum Gasteiger partial charge on any atom is 0.433 e. The van der Waals surface area contributed by atoms with E-state index in [0.717, 1.165) is 29.3 Å². The molecule has 27 heavy (non-hydrogen) atoms. The molecule has 10 heteroatoms. The normalized spacial score (nSPS) is 16.7. The number of hydrogen-bond acceptors (Lipinski definition) is 4. The first-order valence-electron chi connectivity index (χ1n) is 7.37. The van der Waals surface area contributed by atoms with Crippen LogP contribution in [-0.4, -0.2) is 22.8 Å². The molecule has 0 spiro atoms. The van der Waals surface area contributed by atoms with Crippen molar-refractivity contribution in [1.82, 2.24) is 10.3 Å². The highest BCUT2D eigenvalue weighted by atomic mass is 35.5. The van der Waals surface area contributed by atoms with Crippen molar-refractivity contribution in [2.24, 2.45) is 0 Å². The van der Waals surface area contributed by atoms with Gasteiger partial charge in [-0.1, -0.05) is 17.7 Å². The molecule has 0 unspecified atom stereocenters. The van der Waals surface area contributed by atoms with Gasteiger partial charge in [-0.05, 0) is 42.0 Å². The largest absolute Gasteiger partial charge is 0.433 e. The molecule has 1 fully saturated rings. The van der Waals surface area contributed by atoms with Crippen molar-refractivity contribution < 1.29 is 27.6 Å². The number of rotatable bonds is 2. The molecule has 4 amide bonds. The van der Waals surface area contributed by atoms with Gasteiger partial charge in [0.2, 0.25) is 0 Å². The number of carbonyl (C=O) groups excluding carboxylic acids is 3. The van der Waals surface area contributed by atoms with Crippen LogP contribution in [0.25, 0.3) is 6.08 Å². The second kappa shape index (κ2) is 6.84. The Bertz CT molecular complexity index is 954. The summed E-state index contributed by atoms with van der Waals surface area (Å²) in [6.07, 6.45) is -2.68. The molecule has 0 bridgehead atoms. The van der Waals surface area contributed by atoms with Crippen LogP contribution in [0.4, 0.5) is 23.7 Å². The number of nitrogens with zero attached hydrogens (tertiary/aromatic N) is 2. The van der Waals surface area contributed by atoms with E-state index < -0.39 is 35.3 Å². The smallest absolute Gasteiger partial charge is 0.273 e. The third-order valence-corrected chi connectivity index (χ3v) is 3.83. The lowest BCUT2D eigenvalue weighted by atomic mass is 10.1. The molecular formula is C17H9ClF3N3O3. The van der Waals surface area contributed by atoms with E-state index in [1.807, 2.05) is 5.32 Å². The van der Waals surface area contributed by atoms with Crippen LogP contribution in [0.2, 0.25) is 5.02 Å². The van der Waals surface area contributed by atoms with Crippen LogP contribution in [0.5, 0.6) is 0 Å². The monoisotopic (exact) mass is 395 g/mol. The molecule has 0 aliphatic carbocycles. The van der Waals surface area contributed by atoms with E-state index in [1.54, 1.807) is 0 Å². The van der Waals surface area contributed by atoms with E-state index in [0.29, 0.717) is 5.02 Å². The number of imide groups is 2. The van der Waals surface area contributed by atoms with Gasteiger partial charge in [-0.25, -0.2) is 9.69 Å². The minimum absolute atomic E-state index is 0.0897. The summed E-state index contributed by atoms with van der Waals surface area (Å²) in [5.41, 5.74) is -1.27. The number of urea groups is 1. The zero-order valence-electron chi connectivity index (χ0n) is 13.2. The third kappa shape index (κ3) is 3.82. The molecule has 2 heterocycles. The number of pyridine rings is 1. The van der Waals surface area contributed by atoms with Crippen molar-refractivity contribution in [2.75, 3.05) is 4.90 Å². The molecule has 1 aromatic heterocycles. The molecular weight excluding hydrogens is 387 g/mol. The van der Waals surface area contributed by atoms with Gasteiger partial charge in [0.1, 0.15) is 11.3 Å². The van der Waals surface area contributed by atoms with Crippen LogP contribution >= 0.6 is 11.6 Å². The predicted molar refractivity (Wildman–Crippen MR) is 89.7 cm³/mol. The van der Waals surface area contributed by atoms with Gasteiger partial charge in [0.05, 0.1) is 5.69 Å². The number of anilines is 1. The molecule has 1 N–H and O–H groups in total. The van der Waals surface area contributed by atoms with Crippen LogP contribution in [0.15, 0.2) is 48.2 Å². The number of hydrogen-bond donors (Lipinski definition) is 1. The molecule has 0 atom stereocenters. The number of barbiturate groups is 1. The van der Waals surface area contributed by atoms with Crippen LogP contribution in [0.1, 0.15) is 11.3 Å². The quantitative estimate of drug-likeness (QED) is 0.624. The summed E-state index contributed by atoms with van der Waals surface area (Å²) in [6, 6.07) is 6.56. The summed E-state index contributed by atoms with van der Waals surface area (Å²) in [5, 5.41) is 2.39. The Morgan fingerprint density at radius 1 is 1.04 bits per heavy atom. The van der Waals surface area contributed by atoms with Gasteiger partial charge in [0, 0.05) is 11.2 Å². The molecule has 138 valence electrons. The Labute approximate surface area is 155 Å². The molecule has 1 aliphatic rings. The van der Waals surface area contributed by atoms with Crippen LogP contribution in [-0.2, 0) is 15.8 Å². The Morgan fingerprint density at radius 2 is 1.70 bits per heavy atom. The van der Waals surface area contributed by atoms with Crippen LogP contribution in [0, 0.1) is 0 Å². The Hall–Kier alpha value is -3.20. The van der Waals surface area contributed by atoms with Gasteiger partial charge >= 0.3 is 12.2 Å². The van der Waals surface area contributed by atoms with Crippen LogP contribution in [0.3, 0.4) is 0 Å². The van der Waals surface area contributed by atoms with Crippen molar-refractivity contribution in [3.05, 3.63) is 64.4 Å². The topological polar surface area (TPSA) is 79.4 Å². The van der Waals surface area contributed by atoms with E-state index in [-0.39, 0.29) is 11.3 Å². The third-order valence-electron chi connectivity index (χ3n) is 3.57. The average Bonchev–Trinajstić information content (AvgIpc) is 2.60. The maximum atomic E-state index is 12.6. The van der Waals surface area contributed by atoms with Crippen molar-refractivity contribution in [3.63, 3.8) is 0 Å². The second-order valence-electron chi connectivity index (χ2n) is 5.41. The first-order valence-corrected chi connectivity index (χ1v) is 7.75. The molecule has 1 aromatic carbocycles. The van der Waals surface area contributed by atoms with Crippen molar-refractivity contribution in [1.29, 1.82) is 0 Å². The van der Waals surface area contributed by atoms with Gasteiger partial charge in [-0.2, -0.15) is 13.2 Å². The molecule has 2 aromatic rings. The highest BCUT2D eigenvalue weighted by molar-refractivity contribution is 6.39. The highest BCUT2D eigenvalue weighted by Gasteiger charge is 2.37. The van der Waals surface area contributed by atoms with E-state index in [9.17, 15) is 27.6 Å². The van der Waals surface area contributed by atoms with E-state index in [4.69, 9.17) is 11.6 Å². The Kier molecular flexibility index (Phi) is 4.71. The first-order chi connectivity index (χ1) is 12.7. The number of amides is 4.